The van der Waals surface area contributed by atoms with Crippen LogP contribution in [0.5, 0.6) is 0 Å². The van der Waals surface area contributed by atoms with Crippen molar-refractivity contribution in [1.29, 1.82) is 0 Å². The molecular weight excluding hydrogens is 240 g/mol. The van der Waals surface area contributed by atoms with E-state index in [1.165, 1.54) is 12.3 Å². The lowest BCUT2D eigenvalue weighted by atomic mass is 10.1. The zero-order valence-corrected chi connectivity index (χ0v) is 10.1. The molecule has 0 aliphatic carbocycles. The van der Waals surface area contributed by atoms with Crippen LogP contribution in [0.1, 0.15) is 21.5 Å². The number of nitrogens with two attached hydrogens (primary N) is 3. The minimum absolute atomic E-state index is 0.251. The Labute approximate surface area is 110 Å². The molecule has 0 bridgehead atoms. The molecule has 0 spiro atoms. The summed E-state index contributed by atoms with van der Waals surface area (Å²) in [5, 5.41) is 0. The molecule has 19 heavy (non-hydrogen) atoms. The number of anilines is 2. The second-order valence-electron chi connectivity index (χ2n) is 3.90. The van der Waals surface area contributed by atoms with E-state index in [-0.39, 0.29) is 11.4 Å². The van der Waals surface area contributed by atoms with E-state index in [0.29, 0.717) is 11.3 Å². The minimum atomic E-state index is -0.570. The predicted molar refractivity (Wildman–Crippen MR) is 74.0 cm³/mol. The van der Waals surface area contributed by atoms with Crippen LogP contribution in [-0.2, 0) is 0 Å². The Morgan fingerprint density at radius 1 is 1.16 bits per heavy atom. The number of aromatic nitrogens is 1. The standard InChI is InChI=1S/C14H12N4O/c15-12-3-1-2-9(6-12)4-5-10-7-11(14(17)19)8-18-13(10)16/h1-3,6-8H,15H2,(H2,16,18)(H2,17,19). The number of benzene rings is 1. The summed E-state index contributed by atoms with van der Waals surface area (Å²) < 4.78 is 0. The molecule has 0 unspecified atom stereocenters. The molecule has 0 saturated heterocycles. The molecule has 0 fully saturated rings. The summed E-state index contributed by atoms with van der Waals surface area (Å²) in [5.41, 5.74) is 18.6. The van der Waals surface area contributed by atoms with Crippen LogP contribution in [-0.4, -0.2) is 10.9 Å². The summed E-state index contributed by atoms with van der Waals surface area (Å²) in [5.74, 6) is 5.44. The number of pyridine rings is 1. The quantitative estimate of drug-likeness (QED) is 0.514. The highest BCUT2D eigenvalue weighted by Gasteiger charge is 2.04. The first-order valence-corrected chi connectivity index (χ1v) is 5.49. The van der Waals surface area contributed by atoms with Gasteiger partial charge in [0.2, 0.25) is 5.91 Å². The fraction of sp³-hybridized carbons (Fsp3) is 0. The summed E-state index contributed by atoms with van der Waals surface area (Å²) >= 11 is 0. The molecule has 5 heteroatoms. The van der Waals surface area contributed by atoms with E-state index in [2.05, 4.69) is 16.8 Å². The SMILES string of the molecule is NC(=O)c1cnc(N)c(C#Cc2cccc(N)c2)c1. The first-order chi connectivity index (χ1) is 9.06. The van der Waals surface area contributed by atoms with Crippen molar-refractivity contribution in [2.75, 3.05) is 11.5 Å². The smallest absolute Gasteiger partial charge is 0.250 e. The van der Waals surface area contributed by atoms with Gasteiger partial charge in [0.1, 0.15) is 5.82 Å². The molecule has 94 valence electrons. The maximum atomic E-state index is 11.1. The molecule has 5 nitrogen and oxygen atoms in total. The van der Waals surface area contributed by atoms with E-state index in [4.69, 9.17) is 17.2 Å². The fourth-order valence-electron chi connectivity index (χ4n) is 1.47. The van der Waals surface area contributed by atoms with E-state index < -0.39 is 5.91 Å². The average Bonchev–Trinajstić information content (AvgIpc) is 2.37. The normalized spacial score (nSPS) is 9.47. The maximum absolute atomic E-state index is 11.1. The van der Waals surface area contributed by atoms with Crippen molar-refractivity contribution in [3.05, 3.63) is 53.2 Å². The van der Waals surface area contributed by atoms with Crippen LogP contribution in [0.15, 0.2) is 36.5 Å². The van der Waals surface area contributed by atoms with Crippen molar-refractivity contribution in [2.45, 2.75) is 0 Å². The number of nitrogen functional groups attached to an aromatic ring is 2. The van der Waals surface area contributed by atoms with Gasteiger partial charge in [-0.15, -0.1) is 0 Å². The lowest BCUT2D eigenvalue weighted by Crippen LogP contribution is -2.12. The lowest BCUT2D eigenvalue weighted by Gasteiger charge is -1.99. The van der Waals surface area contributed by atoms with Crippen LogP contribution in [0.2, 0.25) is 0 Å². The number of nitrogens with zero attached hydrogens (tertiary/aromatic N) is 1. The van der Waals surface area contributed by atoms with Crippen LogP contribution in [0, 0.1) is 11.8 Å². The fourth-order valence-corrected chi connectivity index (χ4v) is 1.47. The zero-order valence-electron chi connectivity index (χ0n) is 10.1. The predicted octanol–water partition coefficient (Wildman–Crippen LogP) is 0.745. The molecule has 1 aromatic heterocycles. The number of carbonyl (C=O) groups is 1. The molecule has 1 aromatic carbocycles. The van der Waals surface area contributed by atoms with Gasteiger partial charge in [0, 0.05) is 17.4 Å². The molecule has 0 radical (unpaired) electrons. The summed E-state index contributed by atoms with van der Waals surface area (Å²) in [6, 6.07) is 8.67. The van der Waals surface area contributed by atoms with Gasteiger partial charge in [-0.05, 0) is 24.3 Å². The van der Waals surface area contributed by atoms with Crippen LogP contribution in [0.3, 0.4) is 0 Å². The van der Waals surface area contributed by atoms with Crippen LogP contribution < -0.4 is 17.2 Å². The van der Waals surface area contributed by atoms with E-state index >= 15 is 0 Å². The third-order valence-electron chi connectivity index (χ3n) is 2.43. The van der Waals surface area contributed by atoms with Gasteiger partial charge < -0.3 is 17.2 Å². The molecule has 1 amide bonds. The van der Waals surface area contributed by atoms with Crippen LogP contribution in [0.4, 0.5) is 11.5 Å². The zero-order chi connectivity index (χ0) is 13.8. The first-order valence-electron chi connectivity index (χ1n) is 5.49. The lowest BCUT2D eigenvalue weighted by molar-refractivity contribution is 0.1000. The molecule has 6 N–H and O–H groups in total. The summed E-state index contributed by atoms with van der Waals surface area (Å²) in [6.07, 6.45) is 1.32. The van der Waals surface area contributed by atoms with Gasteiger partial charge in [-0.2, -0.15) is 0 Å². The summed E-state index contributed by atoms with van der Waals surface area (Å²) in [6.45, 7) is 0. The van der Waals surface area contributed by atoms with Crippen molar-refractivity contribution in [2.24, 2.45) is 5.73 Å². The van der Waals surface area contributed by atoms with Crippen molar-refractivity contribution in [1.82, 2.24) is 4.98 Å². The number of rotatable bonds is 1. The molecule has 1 heterocycles. The summed E-state index contributed by atoms with van der Waals surface area (Å²) in [7, 11) is 0. The van der Waals surface area contributed by atoms with Crippen LogP contribution >= 0.6 is 0 Å². The first kappa shape index (κ1) is 12.5. The van der Waals surface area contributed by atoms with Gasteiger partial charge in [0.25, 0.3) is 0 Å². The Morgan fingerprint density at radius 2 is 1.95 bits per heavy atom. The van der Waals surface area contributed by atoms with Gasteiger partial charge in [-0.25, -0.2) is 4.98 Å². The third kappa shape index (κ3) is 3.01. The average molecular weight is 252 g/mol. The molecule has 0 aliphatic rings. The monoisotopic (exact) mass is 252 g/mol. The van der Waals surface area contributed by atoms with Gasteiger partial charge >= 0.3 is 0 Å². The van der Waals surface area contributed by atoms with Gasteiger partial charge in [-0.3, -0.25) is 4.79 Å². The number of amides is 1. The van der Waals surface area contributed by atoms with Crippen molar-refractivity contribution < 1.29 is 4.79 Å². The molecule has 2 aromatic rings. The van der Waals surface area contributed by atoms with Gasteiger partial charge in [0.05, 0.1) is 11.1 Å². The second kappa shape index (κ2) is 5.10. The Bertz CT molecular complexity index is 698. The highest BCUT2D eigenvalue weighted by molar-refractivity contribution is 5.93. The van der Waals surface area contributed by atoms with Crippen molar-refractivity contribution in [3.8, 4) is 11.8 Å². The van der Waals surface area contributed by atoms with E-state index in [9.17, 15) is 4.79 Å². The highest BCUT2D eigenvalue weighted by atomic mass is 16.1. The van der Waals surface area contributed by atoms with Crippen LogP contribution in [0.25, 0.3) is 0 Å². The topological polar surface area (TPSA) is 108 Å². The van der Waals surface area contributed by atoms with E-state index in [1.54, 1.807) is 18.2 Å². The largest absolute Gasteiger partial charge is 0.399 e. The van der Waals surface area contributed by atoms with Crippen molar-refractivity contribution >= 4 is 17.4 Å². The number of hydrogen-bond donors (Lipinski definition) is 3. The Morgan fingerprint density at radius 3 is 2.63 bits per heavy atom. The van der Waals surface area contributed by atoms with E-state index in [1.807, 2.05) is 6.07 Å². The Balaban J connectivity index is 2.39. The molecule has 0 atom stereocenters. The molecule has 2 rings (SSSR count). The molecule has 0 aliphatic heterocycles. The number of hydrogen-bond acceptors (Lipinski definition) is 4. The van der Waals surface area contributed by atoms with Gasteiger partial charge in [0.15, 0.2) is 0 Å². The maximum Gasteiger partial charge on any atom is 0.250 e. The highest BCUT2D eigenvalue weighted by Crippen LogP contribution is 2.10. The summed E-state index contributed by atoms with van der Waals surface area (Å²) in [4.78, 5) is 14.9. The second-order valence-corrected chi connectivity index (χ2v) is 3.90. The minimum Gasteiger partial charge on any atom is -0.399 e. The van der Waals surface area contributed by atoms with Gasteiger partial charge in [-0.1, -0.05) is 17.9 Å². The third-order valence-corrected chi connectivity index (χ3v) is 2.43. The number of carbonyl (C=O) groups excluding carboxylic acids is 1. The Hall–Kier alpha value is -3.00. The van der Waals surface area contributed by atoms with Crippen molar-refractivity contribution in [3.63, 3.8) is 0 Å². The molecule has 0 saturated carbocycles. The Kier molecular flexibility index (Phi) is 3.35. The molecular formula is C14H12N4O. The van der Waals surface area contributed by atoms with E-state index in [0.717, 1.165) is 5.56 Å². The number of primary amides is 1.